The molecule has 3 aliphatic heterocycles. The van der Waals surface area contributed by atoms with Crippen LogP contribution < -0.4 is 0 Å². The Morgan fingerprint density at radius 1 is 1.26 bits per heavy atom. The van der Waals surface area contributed by atoms with Gasteiger partial charge in [0.15, 0.2) is 0 Å². The molecule has 2 aromatic carbocycles. The third kappa shape index (κ3) is 4.09. The Morgan fingerprint density at radius 3 is 2.71 bits per heavy atom. The number of benzene rings is 2. The van der Waals surface area contributed by atoms with Crippen LogP contribution in [0.25, 0.3) is 10.8 Å². The van der Waals surface area contributed by atoms with E-state index in [1.54, 1.807) is 18.7 Å². The number of aliphatic carboxylic acids is 1. The molecular formula is C28H32N2O4S. The van der Waals surface area contributed by atoms with Crippen molar-refractivity contribution in [1.82, 2.24) is 9.80 Å². The van der Waals surface area contributed by atoms with Crippen LogP contribution in [0, 0.1) is 11.8 Å². The maximum absolute atomic E-state index is 12.7. The van der Waals surface area contributed by atoms with Gasteiger partial charge in [-0.1, -0.05) is 55.5 Å². The highest BCUT2D eigenvalue weighted by Gasteiger charge is 2.60. The van der Waals surface area contributed by atoms with E-state index in [9.17, 15) is 19.8 Å². The Bertz CT molecular complexity index is 1200. The second-order valence-corrected chi connectivity index (χ2v) is 11.3. The lowest BCUT2D eigenvalue weighted by molar-refractivity contribution is -0.163. The number of thioether (sulfide) groups is 1. The van der Waals surface area contributed by atoms with Crippen LogP contribution >= 0.6 is 11.8 Å². The molecule has 35 heavy (non-hydrogen) atoms. The number of fused-ring (bicyclic) bond motifs is 2. The number of aliphatic hydroxyl groups is 1. The monoisotopic (exact) mass is 492 g/mol. The lowest BCUT2D eigenvalue weighted by atomic mass is 9.79. The normalized spacial score (nSPS) is 29.4. The maximum atomic E-state index is 12.7. The molecule has 3 heterocycles. The molecule has 6 atom stereocenters. The molecule has 1 amide bonds. The molecule has 0 aromatic heterocycles. The first-order valence-electron chi connectivity index (χ1n) is 12.3. The Balaban J connectivity index is 1.38. The molecule has 0 saturated carbocycles. The number of carbonyl (C=O) groups is 2. The molecule has 7 heteroatoms. The van der Waals surface area contributed by atoms with Crippen molar-refractivity contribution < 1.29 is 19.8 Å². The van der Waals surface area contributed by atoms with Gasteiger partial charge in [-0.05, 0) is 36.1 Å². The largest absolute Gasteiger partial charge is 0.477 e. The molecule has 0 unspecified atom stereocenters. The summed E-state index contributed by atoms with van der Waals surface area (Å²) in [5.41, 5.74) is 1.43. The first-order valence-corrected chi connectivity index (χ1v) is 13.2. The number of hydrogen-bond acceptors (Lipinski definition) is 5. The van der Waals surface area contributed by atoms with Gasteiger partial charge >= 0.3 is 5.97 Å². The summed E-state index contributed by atoms with van der Waals surface area (Å²) in [6, 6.07) is 15.0. The fraction of sp³-hybridized carbons (Fsp3) is 0.429. The first-order chi connectivity index (χ1) is 16.8. The van der Waals surface area contributed by atoms with E-state index in [0.29, 0.717) is 6.04 Å². The molecule has 0 aliphatic carbocycles. The predicted octanol–water partition coefficient (Wildman–Crippen LogP) is 3.90. The van der Waals surface area contributed by atoms with Crippen LogP contribution in [-0.2, 0) is 16.0 Å². The Kier molecular flexibility index (Phi) is 6.51. The zero-order valence-electron chi connectivity index (χ0n) is 20.1. The Hall–Kier alpha value is -2.61. The van der Waals surface area contributed by atoms with Crippen molar-refractivity contribution in [3.05, 3.63) is 71.3 Å². The van der Waals surface area contributed by atoms with E-state index in [0.717, 1.165) is 30.8 Å². The van der Waals surface area contributed by atoms with Gasteiger partial charge in [-0.3, -0.25) is 9.69 Å². The summed E-state index contributed by atoms with van der Waals surface area (Å²) in [4.78, 5) is 29.5. The summed E-state index contributed by atoms with van der Waals surface area (Å²) in [6.45, 7) is 9.17. The molecule has 2 N–H and O–H groups in total. The average Bonchev–Trinajstić information content (AvgIpc) is 3.30. The van der Waals surface area contributed by atoms with E-state index in [-0.39, 0.29) is 28.8 Å². The summed E-state index contributed by atoms with van der Waals surface area (Å²) in [6.07, 6.45) is 3.00. The van der Waals surface area contributed by atoms with Crippen molar-refractivity contribution in [2.45, 2.75) is 50.1 Å². The highest BCUT2D eigenvalue weighted by molar-refractivity contribution is 8.03. The maximum Gasteiger partial charge on any atom is 0.353 e. The Labute approximate surface area is 210 Å². The van der Waals surface area contributed by atoms with Gasteiger partial charge in [-0.15, -0.1) is 18.3 Å². The van der Waals surface area contributed by atoms with Crippen molar-refractivity contribution in [3.63, 3.8) is 0 Å². The van der Waals surface area contributed by atoms with E-state index >= 15 is 0 Å². The second-order valence-electron chi connectivity index (χ2n) is 9.99. The number of nitrogens with zero attached hydrogens (tertiary/aromatic N) is 2. The Morgan fingerprint density at radius 2 is 2.00 bits per heavy atom. The summed E-state index contributed by atoms with van der Waals surface area (Å²) < 4.78 is 0. The first kappa shape index (κ1) is 24.1. The predicted molar refractivity (Wildman–Crippen MR) is 139 cm³/mol. The number of hydrogen-bond donors (Lipinski definition) is 2. The number of rotatable bonds is 8. The van der Waals surface area contributed by atoms with Gasteiger partial charge in [0.2, 0.25) is 5.91 Å². The molecular weight excluding hydrogens is 460 g/mol. The zero-order valence-corrected chi connectivity index (χ0v) is 20.9. The fourth-order valence-corrected chi connectivity index (χ4v) is 7.80. The molecule has 2 saturated heterocycles. The van der Waals surface area contributed by atoms with Crippen LogP contribution in [0.3, 0.4) is 0 Å². The van der Waals surface area contributed by atoms with Crippen LogP contribution in [-0.4, -0.2) is 68.4 Å². The summed E-state index contributed by atoms with van der Waals surface area (Å²) in [5, 5.41) is 22.8. The van der Waals surface area contributed by atoms with E-state index < -0.39 is 18.0 Å². The molecule has 3 aliphatic rings. The average molecular weight is 493 g/mol. The molecule has 184 valence electrons. The van der Waals surface area contributed by atoms with Gasteiger partial charge < -0.3 is 15.1 Å². The molecule has 0 radical (unpaired) electrons. The lowest BCUT2D eigenvalue weighted by Crippen LogP contribution is -2.63. The van der Waals surface area contributed by atoms with Crippen LogP contribution in [0.5, 0.6) is 0 Å². The third-order valence-electron chi connectivity index (χ3n) is 7.79. The van der Waals surface area contributed by atoms with Crippen LogP contribution in [0.1, 0.15) is 25.8 Å². The van der Waals surface area contributed by atoms with Crippen LogP contribution in [0.2, 0.25) is 0 Å². The fourth-order valence-electron chi connectivity index (χ4n) is 6.21. The minimum atomic E-state index is -1.06. The topological polar surface area (TPSA) is 81.1 Å². The van der Waals surface area contributed by atoms with E-state index in [2.05, 4.69) is 53.9 Å². The molecule has 2 aromatic rings. The molecule has 2 fully saturated rings. The lowest BCUT2D eigenvalue weighted by Gasteiger charge is -2.46. The highest BCUT2D eigenvalue weighted by atomic mass is 32.2. The highest BCUT2D eigenvalue weighted by Crippen LogP contribution is 2.52. The van der Waals surface area contributed by atoms with Gasteiger partial charge in [0, 0.05) is 35.2 Å². The van der Waals surface area contributed by atoms with Crippen molar-refractivity contribution in [2.24, 2.45) is 11.8 Å². The van der Waals surface area contributed by atoms with Crippen LogP contribution in [0.15, 0.2) is 65.7 Å². The molecule has 0 spiro atoms. The summed E-state index contributed by atoms with van der Waals surface area (Å²) >= 11 is 1.62. The van der Waals surface area contributed by atoms with Gasteiger partial charge in [-0.25, -0.2) is 4.79 Å². The minimum Gasteiger partial charge on any atom is -0.477 e. The summed E-state index contributed by atoms with van der Waals surface area (Å²) in [7, 11) is 0. The minimum absolute atomic E-state index is 0.103. The van der Waals surface area contributed by atoms with Crippen molar-refractivity contribution >= 4 is 34.4 Å². The SMILES string of the molecule is C=CCN1C[C@@H](SC2=C(C(=O)O)N3C(=O)[C@H]([C@@H](C)O)[C@H]3[C@H]2C)C[C@H]1Cc1cccc2ccccc12. The van der Waals surface area contributed by atoms with Crippen molar-refractivity contribution in [2.75, 3.05) is 13.1 Å². The number of carbonyl (C=O) groups excluding carboxylic acids is 1. The van der Waals surface area contributed by atoms with Gasteiger partial charge in [0.05, 0.1) is 18.1 Å². The van der Waals surface area contributed by atoms with Gasteiger partial charge in [0.1, 0.15) is 5.70 Å². The van der Waals surface area contributed by atoms with E-state index in [1.807, 2.05) is 13.0 Å². The second kappa shape index (κ2) is 9.45. The van der Waals surface area contributed by atoms with Gasteiger partial charge in [-0.2, -0.15) is 0 Å². The smallest absolute Gasteiger partial charge is 0.353 e. The zero-order chi connectivity index (χ0) is 24.9. The number of β-lactam (4-membered cyclic amide) rings is 1. The number of carboxylic acid groups (broad SMARTS) is 1. The molecule has 5 rings (SSSR count). The van der Waals surface area contributed by atoms with Crippen LogP contribution in [0.4, 0.5) is 0 Å². The summed E-state index contributed by atoms with van der Waals surface area (Å²) in [5.74, 6) is -1.98. The van der Waals surface area contributed by atoms with E-state index in [4.69, 9.17) is 0 Å². The third-order valence-corrected chi connectivity index (χ3v) is 9.29. The number of likely N-dealkylation sites (tertiary alicyclic amines) is 1. The molecule has 6 nitrogen and oxygen atoms in total. The quantitative estimate of drug-likeness (QED) is 0.430. The van der Waals surface area contributed by atoms with E-state index in [1.165, 1.54) is 21.2 Å². The van der Waals surface area contributed by atoms with Crippen molar-refractivity contribution in [3.8, 4) is 0 Å². The number of amides is 1. The van der Waals surface area contributed by atoms with Crippen molar-refractivity contribution in [1.29, 1.82) is 0 Å². The number of aliphatic hydroxyl groups excluding tert-OH is 1. The van der Waals surface area contributed by atoms with Gasteiger partial charge in [0.25, 0.3) is 0 Å². The standard InChI is InChI=1S/C28H32N2O4S/c1-4-12-29-15-21(14-20(29)13-19-10-7-9-18-8-5-6-11-22(18)19)35-26-16(2)24-23(17(3)31)27(32)30(24)25(26)28(33)34/h4-11,16-17,20-21,23-24,31H,1,12-15H2,2-3H3,(H,33,34)/t16-,17-,20-,21+,23-,24-/m1/s1. The molecule has 0 bridgehead atoms. The number of carboxylic acids is 1.